The summed E-state index contributed by atoms with van der Waals surface area (Å²) in [6, 6.07) is 7.39. The third-order valence-corrected chi connectivity index (χ3v) is 7.11. The number of carbonyl (C=O) groups excluding carboxylic acids is 1. The summed E-state index contributed by atoms with van der Waals surface area (Å²) in [6.45, 7) is 6.08. The number of piperidine rings is 2. The molecule has 3 unspecified atom stereocenters. The average molecular weight is 401 g/mol. The van der Waals surface area contributed by atoms with Crippen LogP contribution in [0.4, 0.5) is 4.79 Å². The first-order valence-corrected chi connectivity index (χ1v) is 11.6. The molecule has 3 atom stereocenters. The van der Waals surface area contributed by atoms with E-state index in [1.807, 2.05) is 4.90 Å². The third-order valence-electron chi connectivity index (χ3n) is 7.11. The zero-order valence-electron chi connectivity index (χ0n) is 18.1. The van der Waals surface area contributed by atoms with Gasteiger partial charge in [-0.15, -0.1) is 0 Å². The molecule has 0 saturated carbocycles. The molecule has 1 amide bonds. The summed E-state index contributed by atoms with van der Waals surface area (Å²) in [5, 5.41) is 0. The van der Waals surface area contributed by atoms with Gasteiger partial charge in [-0.2, -0.15) is 0 Å². The number of likely N-dealkylation sites (tertiary alicyclic amines) is 1. The van der Waals surface area contributed by atoms with Gasteiger partial charge in [0.2, 0.25) is 0 Å². The number of carbonyl (C=O) groups is 1. The highest BCUT2D eigenvalue weighted by Gasteiger charge is 2.44. The fourth-order valence-electron chi connectivity index (χ4n) is 5.59. The van der Waals surface area contributed by atoms with Crippen LogP contribution in [0.1, 0.15) is 69.0 Å². The molecular formula is C24H36N2O3. The minimum absolute atomic E-state index is 0.156. The van der Waals surface area contributed by atoms with Crippen molar-refractivity contribution in [2.75, 3.05) is 33.4 Å². The van der Waals surface area contributed by atoms with E-state index in [0.717, 1.165) is 57.7 Å². The Labute approximate surface area is 175 Å². The van der Waals surface area contributed by atoms with Crippen LogP contribution in [0.3, 0.4) is 0 Å². The second-order valence-electron chi connectivity index (χ2n) is 8.90. The molecule has 0 aliphatic carbocycles. The van der Waals surface area contributed by atoms with Gasteiger partial charge in [0.25, 0.3) is 0 Å². The van der Waals surface area contributed by atoms with E-state index in [4.69, 9.17) is 9.47 Å². The second-order valence-corrected chi connectivity index (χ2v) is 8.90. The summed E-state index contributed by atoms with van der Waals surface area (Å²) in [6.07, 6.45) is 9.19. The first kappa shape index (κ1) is 20.5. The predicted molar refractivity (Wildman–Crippen MR) is 114 cm³/mol. The summed E-state index contributed by atoms with van der Waals surface area (Å²) in [4.78, 5) is 17.0. The normalized spacial score (nSPS) is 26.3. The number of rotatable bonds is 6. The average Bonchev–Trinajstić information content (AvgIpc) is 2.76. The van der Waals surface area contributed by atoms with E-state index in [0.29, 0.717) is 18.0 Å². The fraction of sp³-hybridized carbons (Fsp3) is 0.708. The predicted octanol–water partition coefficient (Wildman–Crippen LogP) is 4.80. The SMILES string of the molecule is CCCCCCOc1ccc2c(c1)CCN1CC3CCCN(C(=O)OC)C3CC21. The maximum absolute atomic E-state index is 12.3. The van der Waals surface area contributed by atoms with E-state index >= 15 is 0 Å². The second kappa shape index (κ2) is 9.38. The zero-order valence-corrected chi connectivity index (χ0v) is 18.1. The van der Waals surface area contributed by atoms with Crippen molar-refractivity contribution in [3.63, 3.8) is 0 Å². The first-order valence-electron chi connectivity index (χ1n) is 11.6. The molecule has 0 aromatic heterocycles. The van der Waals surface area contributed by atoms with E-state index in [9.17, 15) is 4.79 Å². The van der Waals surface area contributed by atoms with Crippen LogP contribution in [0.5, 0.6) is 5.75 Å². The van der Waals surface area contributed by atoms with Gasteiger partial charge in [0, 0.05) is 31.7 Å². The number of ether oxygens (including phenoxy) is 2. The molecule has 1 aromatic carbocycles. The lowest BCUT2D eigenvalue weighted by atomic mass is 9.77. The monoisotopic (exact) mass is 400 g/mol. The number of fused-ring (bicyclic) bond motifs is 4. The van der Waals surface area contributed by atoms with E-state index in [2.05, 4.69) is 30.0 Å². The number of methoxy groups -OCH3 is 1. The molecule has 5 heteroatoms. The molecule has 3 aliphatic heterocycles. The number of hydrogen-bond acceptors (Lipinski definition) is 4. The van der Waals surface area contributed by atoms with Gasteiger partial charge in [0.05, 0.1) is 13.7 Å². The molecule has 0 N–H and O–H groups in total. The van der Waals surface area contributed by atoms with Crippen molar-refractivity contribution >= 4 is 6.09 Å². The smallest absolute Gasteiger partial charge is 0.409 e. The van der Waals surface area contributed by atoms with Gasteiger partial charge < -0.3 is 14.4 Å². The van der Waals surface area contributed by atoms with Crippen molar-refractivity contribution < 1.29 is 14.3 Å². The minimum atomic E-state index is -0.156. The van der Waals surface area contributed by atoms with Crippen LogP contribution in [-0.2, 0) is 11.2 Å². The van der Waals surface area contributed by atoms with E-state index in [-0.39, 0.29) is 6.09 Å². The molecule has 4 rings (SSSR count). The molecular weight excluding hydrogens is 364 g/mol. The minimum Gasteiger partial charge on any atom is -0.494 e. The van der Waals surface area contributed by atoms with Crippen molar-refractivity contribution in [3.8, 4) is 5.75 Å². The highest BCUT2D eigenvalue weighted by atomic mass is 16.5. The van der Waals surface area contributed by atoms with Gasteiger partial charge in [-0.05, 0) is 61.3 Å². The maximum Gasteiger partial charge on any atom is 0.409 e. The largest absolute Gasteiger partial charge is 0.494 e. The zero-order chi connectivity index (χ0) is 20.2. The molecule has 29 heavy (non-hydrogen) atoms. The Hall–Kier alpha value is -1.75. The number of unbranched alkanes of at least 4 members (excludes halogenated alkanes) is 3. The van der Waals surface area contributed by atoms with Crippen molar-refractivity contribution in [1.29, 1.82) is 0 Å². The summed E-state index contributed by atoms with van der Waals surface area (Å²) >= 11 is 0. The Kier molecular flexibility index (Phi) is 6.63. The van der Waals surface area contributed by atoms with Gasteiger partial charge >= 0.3 is 6.09 Å². The van der Waals surface area contributed by atoms with Crippen LogP contribution in [0.15, 0.2) is 18.2 Å². The van der Waals surface area contributed by atoms with Gasteiger partial charge in [0.15, 0.2) is 0 Å². The number of hydrogen-bond donors (Lipinski definition) is 0. The van der Waals surface area contributed by atoms with Crippen molar-refractivity contribution in [2.45, 2.75) is 70.4 Å². The van der Waals surface area contributed by atoms with E-state index in [1.165, 1.54) is 43.9 Å². The summed E-state index contributed by atoms with van der Waals surface area (Å²) in [5.74, 6) is 1.59. The van der Waals surface area contributed by atoms with Crippen LogP contribution in [-0.4, -0.2) is 55.3 Å². The molecule has 160 valence electrons. The molecule has 0 bridgehead atoms. The number of nitrogens with zero attached hydrogens (tertiary/aromatic N) is 2. The van der Waals surface area contributed by atoms with Crippen LogP contribution in [0, 0.1) is 5.92 Å². The van der Waals surface area contributed by atoms with Gasteiger partial charge in [-0.1, -0.05) is 32.3 Å². The Morgan fingerprint density at radius 3 is 2.93 bits per heavy atom. The van der Waals surface area contributed by atoms with Crippen LogP contribution in [0.2, 0.25) is 0 Å². The molecule has 3 aliphatic rings. The lowest BCUT2D eigenvalue weighted by molar-refractivity contribution is -0.00843. The topological polar surface area (TPSA) is 42.0 Å². The lowest BCUT2D eigenvalue weighted by Crippen LogP contribution is -2.57. The highest BCUT2D eigenvalue weighted by Crippen LogP contribution is 2.43. The molecule has 0 spiro atoms. The van der Waals surface area contributed by atoms with Gasteiger partial charge in [-0.3, -0.25) is 4.90 Å². The van der Waals surface area contributed by atoms with Crippen molar-refractivity contribution in [3.05, 3.63) is 29.3 Å². The summed E-state index contributed by atoms with van der Waals surface area (Å²) in [5.41, 5.74) is 2.86. The molecule has 3 heterocycles. The molecule has 0 radical (unpaired) electrons. The van der Waals surface area contributed by atoms with E-state index in [1.54, 1.807) is 0 Å². The van der Waals surface area contributed by atoms with Crippen molar-refractivity contribution in [1.82, 2.24) is 9.80 Å². The maximum atomic E-state index is 12.3. The quantitative estimate of drug-likeness (QED) is 0.644. The lowest BCUT2D eigenvalue weighted by Gasteiger charge is -2.51. The number of amides is 1. The fourth-order valence-corrected chi connectivity index (χ4v) is 5.59. The molecule has 1 aromatic rings. The van der Waals surface area contributed by atoms with Crippen LogP contribution >= 0.6 is 0 Å². The molecule has 5 nitrogen and oxygen atoms in total. The Morgan fingerprint density at radius 1 is 1.21 bits per heavy atom. The van der Waals surface area contributed by atoms with Crippen LogP contribution in [0.25, 0.3) is 0 Å². The van der Waals surface area contributed by atoms with Crippen LogP contribution < -0.4 is 4.74 Å². The molecule has 2 saturated heterocycles. The Balaban J connectivity index is 1.45. The highest BCUT2D eigenvalue weighted by molar-refractivity contribution is 5.68. The summed E-state index contributed by atoms with van der Waals surface area (Å²) in [7, 11) is 1.50. The Morgan fingerprint density at radius 2 is 2.10 bits per heavy atom. The number of benzene rings is 1. The standard InChI is InChI=1S/C24H36N2O3/c1-3-4-5-6-14-29-20-9-10-21-18(15-20)11-13-25-17-19-8-7-12-26(24(27)28-2)22(19)16-23(21)25/h9-10,15,19,22-23H,3-8,11-14,16-17H2,1-2H3. The molecule has 2 fully saturated rings. The van der Waals surface area contributed by atoms with Gasteiger partial charge in [0.1, 0.15) is 5.75 Å². The Bertz CT molecular complexity index is 707. The van der Waals surface area contributed by atoms with Gasteiger partial charge in [-0.25, -0.2) is 4.79 Å². The summed E-state index contributed by atoms with van der Waals surface area (Å²) < 4.78 is 11.1. The van der Waals surface area contributed by atoms with E-state index < -0.39 is 0 Å². The first-order chi connectivity index (χ1) is 14.2. The van der Waals surface area contributed by atoms with Crippen molar-refractivity contribution in [2.24, 2.45) is 5.92 Å². The third kappa shape index (κ3) is 4.40.